The Hall–Kier alpha value is -3.58. The van der Waals surface area contributed by atoms with Gasteiger partial charge in [-0.15, -0.1) is 0 Å². The number of carboxylic acid groups (broad SMARTS) is 1. The molecule has 2 aromatic rings. The van der Waals surface area contributed by atoms with Crippen LogP contribution in [0.2, 0.25) is 0 Å². The van der Waals surface area contributed by atoms with Crippen LogP contribution in [0, 0.1) is 5.92 Å². The summed E-state index contributed by atoms with van der Waals surface area (Å²) in [6, 6.07) is 1.93. The van der Waals surface area contributed by atoms with Crippen molar-refractivity contribution in [3.05, 3.63) is 48.0 Å². The number of thiol groups is 1. The molecule has 0 fully saturated rings. The van der Waals surface area contributed by atoms with Gasteiger partial charge < -0.3 is 36.9 Å². The zero-order valence-electron chi connectivity index (χ0n) is 20.7. The van der Waals surface area contributed by atoms with Crippen molar-refractivity contribution < 1.29 is 29.4 Å². The van der Waals surface area contributed by atoms with Crippen molar-refractivity contribution in [3.63, 3.8) is 0 Å². The van der Waals surface area contributed by atoms with Crippen LogP contribution in [0.5, 0.6) is 5.75 Å². The topological polar surface area (TPSA) is 200 Å². The molecule has 3 amide bonds. The van der Waals surface area contributed by atoms with Gasteiger partial charge in [0.25, 0.3) is 0 Å². The van der Waals surface area contributed by atoms with E-state index in [9.17, 15) is 29.4 Å². The summed E-state index contributed by atoms with van der Waals surface area (Å²) in [7, 11) is 0. The molecule has 202 valence electrons. The zero-order chi connectivity index (χ0) is 27.5. The lowest BCUT2D eigenvalue weighted by atomic mass is 10.0. The van der Waals surface area contributed by atoms with E-state index >= 15 is 0 Å². The third-order valence-electron chi connectivity index (χ3n) is 5.48. The fourth-order valence-electron chi connectivity index (χ4n) is 3.52. The number of aromatic nitrogens is 2. The Morgan fingerprint density at radius 2 is 1.57 bits per heavy atom. The van der Waals surface area contributed by atoms with E-state index in [-0.39, 0.29) is 36.7 Å². The normalized spacial score (nSPS) is 14.3. The van der Waals surface area contributed by atoms with Crippen LogP contribution in [0.4, 0.5) is 0 Å². The van der Waals surface area contributed by atoms with E-state index in [1.54, 1.807) is 12.1 Å². The molecule has 4 atom stereocenters. The van der Waals surface area contributed by atoms with Crippen molar-refractivity contribution in [1.29, 1.82) is 0 Å². The highest BCUT2D eigenvalue weighted by Crippen LogP contribution is 2.12. The Labute approximate surface area is 220 Å². The van der Waals surface area contributed by atoms with Crippen molar-refractivity contribution in [1.82, 2.24) is 25.9 Å². The molecule has 1 heterocycles. The Balaban J connectivity index is 2.14. The van der Waals surface area contributed by atoms with Gasteiger partial charge in [0.2, 0.25) is 17.7 Å². The fraction of sp³-hybridized carbons (Fsp3) is 0.458. The van der Waals surface area contributed by atoms with Crippen LogP contribution in [0.1, 0.15) is 31.5 Å². The first kappa shape index (κ1) is 29.6. The molecule has 12 nitrogen and oxygen atoms in total. The molecule has 0 aliphatic heterocycles. The van der Waals surface area contributed by atoms with Crippen molar-refractivity contribution in [2.75, 3.05) is 5.75 Å². The standard InChI is InChI=1S/C24H34N6O6S/c1-13(2)7-18(28-21(32)17(25)8-14-3-5-16(31)6-4-14)22(33)29-19(9-15-10-26-12-27-15)23(34)30-20(11-37)24(35)36/h3-6,10,12-13,17-20,31,37H,7-9,11,25H2,1-2H3,(H,26,27)(H,28,32)(H,29,33)(H,30,34)(H,35,36). The van der Waals surface area contributed by atoms with Crippen LogP contribution in [0.15, 0.2) is 36.8 Å². The number of amides is 3. The molecule has 0 saturated carbocycles. The summed E-state index contributed by atoms with van der Waals surface area (Å²) >= 11 is 3.95. The number of nitrogens with two attached hydrogens (primary N) is 1. The van der Waals surface area contributed by atoms with Crippen LogP contribution in [-0.2, 0) is 32.0 Å². The number of phenols is 1. The average Bonchev–Trinajstić information content (AvgIpc) is 3.35. The number of aromatic hydroxyl groups is 1. The second kappa shape index (κ2) is 14.2. The SMILES string of the molecule is CC(C)CC(NC(=O)C(N)Cc1ccc(O)cc1)C(=O)NC(Cc1cnc[nH]1)C(=O)NC(CS)C(=O)O. The minimum absolute atomic E-state index is 0.0131. The maximum Gasteiger partial charge on any atom is 0.327 e. The lowest BCUT2D eigenvalue weighted by Crippen LogP contribution is -2.58. The summed E-state index contributed by atoms with van der Waals surface area (Å²) in [4.78, 5) is 57.0. The lowest BCUT2D eigenvalue weighted by molar-refractivity contribution is -0.141. The van der Waals surface area contributed by atoms with E-state index in [1.807, 2.05) is 13.8 Å². The van der Waals surface area contributed by atoms with E-state index in [0.717, 1.165) is 5.56 Å². The quantitative estimate of drug-likeness (QED) is 0.152. The summed E-state index contributed by atoms with van der Waals surface area (Å²) in [6.45, 7) is 3.75. The summed E-state index contributed by atoms with van der Waals surface area (Å²) < 4.78 is 0. The number of H-pyrrole nitrogens is 1. The predicted octanol–water partition coefficient (Wildman–Crippen LogP) is -0.257. The average molecular weight is 535 g/mol. The Morgan fingerprint density at radius 3 is 2.11 bits per heavy atom. The molecule has 13 heteroatoms. The van der Waals surface area contributed by atoms with Gasteiger partial charge in [-0.05, 0) is 36.5 Å². The second-order valence-corrected chi connectivity index (χ2v) is 9.46. The Morgan fingerprint density at radius 1 is 0.973 bits per heavy atom. The molecule has 1 aromatic heterocycles. The molecule has 0 radical (unpaired) electrons. The van der Waals surface area contributed by atoms with Crippen LogP contribution in [0.25, 0.3) is 0 Å². The van der Waals surface area contributed by atoms with Crippen molar-refractivity contribution in [2.24, 2.45) is 11.7 Å². The van der Waals surface area contributed by atoms with Gasteiger partial charge in [0.05, 0.1) is 12.4 Å². The van der Waals surface area contributed by atoms with Gasteiger partial charge in [-0.3, -0.25) is 14.4 Å². The first-order valence-corrected chi connectivity index (χ1v) is 12.4. The molecule has 0 spiro atoms. The molecule has 0 aliphatic carbocycles. The Bertz CT molecular complexity index is 1050. The summed E-state index contributed by atoms with van der Waals surface area (Å²) in [5.41, 5.74) is 7.34. The van der Waals surface area contributed by atoms with Gasteiger partial charge in [0, 0.05) is 24.1 Å². The van der Waals surface area contributed by atoms with Crippen molar-refractivity contribution in [3.8, 4) is 5.75 Å². The van der Waals surface area contributed by atoms with Gasteiger partial charge >= 0.3 is 5.97 Å². The largest absolute Gasteiger partial charge is 0.508 e. The smallest absolute Gasteiger partial charge is 0.327 e. The third kappa shape index (κ3) is 9.77. The molecule has 0 bridgehead atoms. The molecule has 0 aliphatic rings. The number of phenolic OH excluding ortho intramolecular Hbond substituents is 1. The number of hydrogen-bond donors (Lipinski definition) is 8. The monoisotopic (exact) mass is 534 g/mol. The lowest BCUT2D eigenvalue weighted by Gasteiger charge is -2.25. The van der Waals surface area contributed by atoms with Gasteiger partial charge in [0.1, 0.15) is 23.9 Å². The Kier molecular flexibility index (Phi) is 11.4. The number of carbonyl (C=O) groups excluding carboxylic acids is 3. The molecule has 37 heavy (non-hydrogen) atoms. The number of rotatable bonds is 14. The molecule has 1 aromatic carbocycles. The number of carboxylic acids is 1. The van der Waals surface area contributed by atoms with Crippen LogP contribution in [0.3, 0.4) is 0 Å². The van der Waals surface area contributed by atoms with Gasteiger partial charge in [-0.2, -0.15) is 12.6 Å². The second-order valence-electron chi connectivity index (χ2n) is 9.09. The summed E-state index contributed by atoms with van der Waals surface area (Å²) in [5, 5.41) is 26.3. The first-order chi connectivity index (χ1) is 17.5. The highest BCUT2D eigenvalue weighted by molar-refractivity contribution is 7.80. The van der Waals surface area contributed by atoms with E-state index in [1.165, 1.54) is 24.7 Å². The number of nitrogens with zero attached hydrogens (tertiary/aromatic N) is 1. The fourth-order valence-corrected chi connectivity index (χ4v) is 3.76. The first-order valence-electron chi connectivity index (χ1n) is 11.8. The van der Waals surface area contributed by atoms with Crippen molar-refractivity contribution >= 4 is 36.3 Å². The maximum atomic E-state index is 13.2. The highest BCUT2D eigenvalue weighted by Gasteiger charge is 2.31. The molecule has 0 saturated heterocycles. The summed E-state index contributed by atoms with van der Waals surface area (Å²) in [5.74, 6) is -3.18. The molecular weight excluding hydrogens is 500 g/mol. The minimum Gasteiger partial charge on any atom is -0.508 e. The van der Waals surface area contributed by atoms with Gasteiger partial charge in [-0.1, -0.05) is 26.0 Å². The summed E-state index contributed by atoms with van der Waals surface area (Å²) in [6.07, 6.45) is 3.37. The van der Waals surface area contributed by atoms with Gasteiger partial charge in [0.15, 0.2) is 0 Å². The van der Waals surface area contributed by atoms with Crippen LogP contribution < -0.4 is 21.7 Å². The van der Waals surface area contributed by atoms with Gasteiger partial charge in [-0.25, -0.2) is 9.78 Å². The minimum atomic E-state index is -1.26. The third-order valence-corrected chi connectivity index (χ3v) is 5.84. The number of carbonyl (C=O) groups is 4. The van der Waals surface area contributed by atoms with Crippen molar-refractivity contribution in [2.45, 2.75) is 57.3 Å². The number of aliphatic carboxylic acids is 1. The van der Waals surface area contributed by atoms with E-state index in [2.05, 4.69) is 38.5 Å². The number of benzene rings is 1. The number of aromatic amines is 1. The molecular formula is C24H34N6O6S. The predicted molar refractivity (Wildman–Crippen MR) is 139 cm³/mol. The van der Waals surface area contributed by atoms with Crippen LogP contribution in [-0.4, -0.2) is 73.8 Å². The van der Waals surface area contributed by atoms with Crippen LogP contribution >= 0.6 is 12.6 Å². The maximum absolute atomic E-state index is 13.2. The number of imidazole rings is 1. The van der Waals surface area contributed by atoms with E-state index < -0.39 is 47.9 Å². The molecule has 4 unspecified atom stereocenters. The van der Waals surface area contributed by atoms with E-state index in [4.69, 9.17) is 5.73 Å². The highest BCUT2D eigenvalue weighted by atomic mass is 32.1. The zero-order valence-corrected chi connectivity index (χ0v) is 21.6. The van der Waals surface area contributed by atoms with E-state index in [0.29, 0.717) is 5.69 Å². The number of hydrogen-bond acceptors (Lipinski definition) is 8. The molecule has 2 rings (SSSR count). The molecule has 8 N–H and O–H groups in total. The number of nitrogens with one attached hydrogen (secondary N) is 4.